The lowest BCUT2D eigenvalue weighted by atomic mass is 9.89. The topological polar surface area (TPSA) is 50.4 Å². The molecule has 1 heterocycles. The van der Waals surface area contributed by atoms with Crippen LogP contribution in [-0.2, 0) is 9.53 Å². The molecule has 1 atom stereocenters. The van der Waals surface area contributed by atoms with Gasteiger partial charge in [-0.3, -0.25) is 4.79 Å². The summed E-state index contributed by atoms with van der Waals surface area (Å²) in [7, 11) is 0. The Morgan fingerprint density at radius 1 is 1.33 bits per heavy atom. The monoisotopic (exact) mass is 278 g/mol. The number of carbonyl (C=O) groups excluding carboxylic acids is 1. The quantitative estimate of drug-likeness (QED) is 0.780. The first-order chi connectivity index (χ1) is 8.15. The van der Waals surface area contributed by atoms with E-state index in [1.165, 1.54) is 0 Å². The molecule has 1 saturated heterocycles. The molecule has 0 saturated carbocycles. The van der Waals surface area contributed by atoms with Crippen LogP contribution in [0.15, 0.2) is 0 Å². The van der Waals surface area contributed by atoms with Crippen LogP contribution in [0.4, 0.5) is 0 Å². The fourth-order valence-electron chi connectivity index (χ4n) is 2.32. The van der Waals surface area contributed by atoms with E-state index >= 15 is 0 Å². The van der Waals surface area contributed by atoms with Crippen molar-refractivity contribution < 1.29 is 9.53 Å². The molecule has 1 fully saturated rings. The van der Waals surface area contributed by atoms with Crippen LogP contribution in [-0.4, -0.2) is 37.2 Å². The highest BCUT2D eigenvalue weighted by Crippen LogP contribution is 2.19. The maximum atomic E-state index is 12.0. The summed E-state index contributed by atoms with van der Waals surface area (Å²) >= 11 is 0. The van der Waals surface area contributed by atoms with Crippen molar-refractivity contribution in [3.05, 3.63) is 0 Å². The van der Waals surface area contributed by atoms with Gasteiger partial charge in [-0.2, -0.15) is 0 Å². The van der Waals surface area contributed by atoms with E-state index in [4.69, 9.17) is 4.74 Å². The Kier molecular flexibility index (Phi) is 8.57. The Labute approximate surface area is 117 Å². The van der Waals surface area contributed by atoms with Crippen LogP contribution in [0.3, 0.4) is 0 Å². The molecular formula is C13H27ClN2O2. The predicted molar refractivity (Wildman–Crippen MR) is 76.2 cm³/mol. The average Bonchev–Trinajstić information content (AvgIpc) is 2.37. The van der Waals surface area contributed by atoms with Crippen LogP contribution < -0.4 is 10.6 Å². The van der Waals surface area contributed by atoms with Gasteiger partial charge in [-0.15, -0.1) is 12.4 Å². The molecule has 1 rings (SSSR count). The number of ether oxygens (including phenoxy) is 1. The first-order valence-electron chi connectivity index (χ1n) is 6.79. The molecule has 108 valence electrons. The van der Waals surface area contributed by atoms with Crippen LogP contribution in [0.5, 0.6) is 0 Å². The number of carbonyl (C=O) groups is 1. The standard InChI is InChI=1S/C13H26N2O2.ClH/c1-4-13(5-2,6-3)15-12(16)9-11-10-14-7-8-17-11;/h11,14H,4-10H2,1-3H3,(H,15,16);1H. The molecule has 0 aromatic rings. The molecule has 2 N–H and O–H groups in total. The lowest BCUT2D eigenvalue weighted by Gasteiger charge is -2.33. The molecule has 1 unspecified atom stereocenters. The zero-order valence-electron chi connectivity index (χ0n) is 11.8. The predicted octanol–water partition coefficient (Wildman–Crippen LogP) is 1.87. The summed E-state index contributed by atoms with van der Waals surface area (Å²) in [5, 5.41) is 6.42. The Hall–Kier alpha value is -0.320. The molecule has 1 amide bonds. The Bertz CT molecular complexity index is 231. The molecule has 18 heavy (non-hydrogen) atoms. The van der Waals surface area contributed by atoms with Crippen molar-refractivity contribution in [3.63, 3.8) is 0 Å². The Morgan fingerprint density at radius 3 is 2.39 bits per heavy atom. The maximum absolute atomic E-state index is 12.0. The van der Waals surface area contributed by atoms with E-state index < -0.39 is 0 Å². The van der Waals surface area contributed by atoms with Crippen LogP contribution >= 0.6 is 12.4 Å². The molecule has 0 aromatic heterocycles. The summed E-state index contributed by atoms with van der Waals surface area (Å²) in [6, 6.07) is 0. The lowest BCUT2D eigenvalue weighted by molar-refractivity contribution is -0.126. The van der Waals surface area contributed by atoms with Crippen LogP contribution in [0.2, 0.25) is 0 Å². The van der Waals surface area contributed by atoms with Gasteiger partial charge in [-0.25, -0.2) is 0 Å². The molecule has 1 aliphatic heterocycles. The second kappa shape index (κ2) is 8.73. The van der Waals surface area contributed by atoms with Gasteiger partial charge < -0.3 is 15.4 Å². The maximum Gasteiger partial charge on any atom is 0.223 e. The molecule has 0 bridgehead atoms. The third kappa shape index (κ3) is 5.12. The number of nitrogens with one attached hydrogen (secondary N) is 2. The minimum Gasteiger partial charge on any atom is -0.375 e. The largest absolute Gasteiger partial charge is 0.375 e. The van der Waals surface area contributed by atoms with Crippen molar-refractivity contribution in [2.45, 2.75) is 58.1 Å². The van der Waals surface area contributed by atoms with E-state index in [9.17, 15) is 4.79 Å². The van der Waals surface area contributed by atoms with Gasteiger partial charge in [0, 0.05) is 18.6 Å². The van der Waals surface area contributed by atoms with E-state index in [-0.39, 0.29) is 30.0 Å². The molecule has 1 aliphatic rings. The first-order valence-corrected chi connectivity index (χ1v) is 6.79. The second-order valence-electron chi connectivity index (χ2n) is 4.79. The van der Waals surface area contributed by atoms with E-state index in [0.717, 1.165) is 32.4 Å². The lowest BCUT2D eigenvalue weighted by Crippen LogP contribution is -2.49. The fourth-order valence-corrected chi connectivity index (χ4v) is 2.32. The fraction of sp³-hybridized carbons (Fsp3) is 0.923. The summed E-state index contributed by atoms with van der Waals surface area (Å²) in [5.41, 5.74) is -0.0286. The Balaban J connectivity index is 0.00000289. The molecule has 5 heteroatoms. The normalized spacial score (nSPS) is 20.1. The van der Waals surface area contributed by atoms with E-state index in [2.05, 4.69) is 31.4 Å². The summed E-state index contributed by atoms with van der Waals surface area (Å²) in [5.74, 6) is 0.115. The van der Waals surface area contributed by atoms with Crippen molar-refractivity contribution >= 4 is 18.3 Å². The van der Waals surface area contributed by atoms with Crippen molar-refractivity contribution in [1.82, 2.24) is 10.6 Å². The molecule has 0 aromatic carbocycles. The number of rotatable bonds is 6. The first kappa shape index (κ1) is 17.7. The minimum atomic E-state index is -0.0286. The molecule has 4 nitrogen and oxygen atoms in total. The van der Waals surface area contributed by atoms with Gasteiger partial charge in [0.25, 0.3) is 0 Å². The van der Waals surface area contributed by atoms with Gasteiger partial charge in [0.2, 0.25) is 5.91 Å². The third-order valence-corrected chi connectivity index (χ3v) is 3.85. The van der Waals surface area contributed by atoms with Gasteiger partial charge in [0.05, 0.1) is 19.1 Å². The number of halogens is 1. The summed E-state index contributed by atoms with van der Waals surface area (Å²) in [6.07, 6.45) is 3.45. The summed E-state index contributed by atoms with van der Waals surface area (Å²) < 4.78 is 5.54. The molecular weight excluding hydrogens is 252 g/mol. The number of hydrogen-bond donors (Lipinski definition) is 2. The molecule has 0 spiro atoms. The second-order valence-corrected chi connectivity index (χ2v) is 4.79. The zero-order chi connectivity index (χ0) is 12.7. The van der Waals surface area contributed by atoms with E-state index in [1.54, 1.807) is 0 Å². The number of morpholine rings is 1. The van der Waals surface area contributed by atoms with Crippen molar-refractivity contribution in [1.29, 1.82) is 0 Å². The van der Waals surface area contributed by atoms with Gasteiger partial charge in [0.1, 0.15) is 0 Å². The summed E-state index contributed by atoms with van der Waals surface area (Å²) in [4.78, 5) is 12.0. The van der Waals surface area contributed by atoms with Gasteiger partial charge in [-0.05, 0) is 19.3 Å². The summed E-state index contributed by atoms with van der Waals surface area (Å²) in [6.45, 7) is 8.77. The third-order valence-electron chi connectivity index (χ3n) is 3.85. The molecule has 0 aliphatic carbocycles. The highest BCUT2D eigenvalue weighted by Gasteiger charge is 2.27. The number of amides is 1. The van der Waals surface area contributed by atoms with E-state index in [0.29, 0.717) is 13.0 Å². The van der Waals surface area contributed by atoms with Crippen LogP contribution in [0.25, 0.3) is 0 Å². The average molecular weight is 279 g/mol. The zero-order valence-corrected chi connectivity index (χ0v) is 12.6. The highest BCUT2D eigenvalue weighted by molar-refractivity contribution is 5.85. The van der Waals surface area contributed by atoms with Crippen LogP contribution in [0, 0.1) is 0 Å². The van der Waals surface area contributed by atoms with Crippen molar-refractivity contribution in [3.8, 4) is 0 Å². The van der Waals surface area contributed by atoms with Gasteiger partial charge >= 0.3 is 0 Å². The van der Waals surface area contributed by atoms with E-state index in [1.807, 2.05) is 0 Å². The van der Waals surface area contributed by atoms with Gasteiger partial charge in [0.15, 0.2) is 0 Å². The van der Waals surface area contributed by atoms with Crippen LogP contribution in [0.1, 0.15) is 46.5 Å². The van der Waals surface area contributed by atoms with Crippen molar-refractivity contribution in [2.75, 3.05) is 19.7 Å². The molecule has 0 radical (unpaired) electrons. The SMILES string of the molecule is CCC(CC)(CC)NC(=O)CC1CNCCO1.Cl. The van der Waals surface area contributed by atoms with Crippen molar-refractivity contribution in [2.24, 2.45) is 0 Å². The smallest absolute Gasteiger partial charge is 0.223 e. The number of hydrogen-bond acceptors (Lipinski definition) is 3. The Morgan fingerprint density at radius 2 is 1.94 bits per heavy atom. The minimum absolute atomic E-state index is 0. The highest BCUT2D eigenvalue weighted by atomic mass is 35.5. The van der Waals surface area contributed by atoms with Gasteiger partial charge in [-0.1, -0.05) is 20.8 Å².